The molecular formula is C9H12N2O4S. The number of hydrogen-bond donors (Lipinski definition) is 2. The lowest BCUT2D eigenvalue weighted by Gasteiger charge is -1.99. The molecule has 0 atom stereocenters. The van der Waals surface area contributed by atoms with E-state index in [0.717, 1.165) is 0 Å². The van der Waals surface area contributed by atoms with Crippen molar-refractivity contribution in [2.75, 3.05) is 19.0 Å². The zero-order valence-electron chi connectivity index (χ0n) is 8.73. The Hall–Kier alpha value is -1.63. The van der Waals surface area contributed by atoms with E-state index >= 15 is 0 Å². The number of methoxy groups -OCH3 is 1. The minimum Gasteiger partial charge on any atom is -0.481 e. The third-order valence-electron chi connectivity index (χ3n) is 1.76. The minimum atomic E-state index is -0.850. The van der Waals surface area contributed by atoms with Gasteiger partial charge in [0.2, 0.25) is 0 Å². The van der Waals surface area contributed by atoms with Crippen molar-refractivity contribution in [1.29, 1.82) is 0 Å². The molecule has 0 unspecified atom stereocenters. The van der Waals surface area contributed by atoms with Crippen molar-refractivity contribution >= 4 is 28.4 Å². The van der Waals surface area contributed by atoms with Gasteiger partial charge in [0, 0.05) is 11.8 Å². The van der Waals surface area contributed by atoms with Crippen LogP contribution >= 0.6 is 11.3 Å². The second kappa shape index (κ2) is 6.06. The van der Waals surface area contributed by atoms with Gasteiger partial charge in [-0.05, 0) is 0 Å². The van der Waals surface area contributed by atoms with Crippen LogP contribution in [0.1, 0.15) is 12.1 Å². The Bertz CT molecular complexity index is 377. The van der Waals surface area contributed by atoms with Gasteiger partial charge in [-0.25, -0.2) is 4.98 Å². The molecule has 7 heteroatoms. The van der Waals surface area contributed by atoms with Crippen molar-refractivity contribution < 1.29 is 19.4 Å². The van der Waals surface area contributed by atoms with E-state index in [1.54, 1.807) is 5.38 Å². The highest BCUT2D eigenvalue weighted by Crippen LogP contribution is 2.16. The number of carbonyl (C=O) groups is 2. The summed E-state index contributed by atoms with van der Waals surface area (Å²) < 4.78 is 4.46. The zero-order valence-corrected chi connectivity index (χ0v) is 9.54. The normalized spacial score (nSPS) is 9.81. The maximum absolute atomic E-state index is 10.8. The highest BCUT2D eigenvalue weighted by molar-refractivity contribution is 7.13. The predicted molar refractivity (Wildman–Crippen MR) is 58.6 cm³/mol. The third-order valence-corrected chi connectivity index (χ3v) is 2.61. The van der Waals surface area contributed by atoms with Gasteiger partial charge in [-0.2, -0.15) is 0 Å². The fourth-order valence-electron chi connectivity index (χ4n) is 0.958. The number of rotatable bonds is 6. The summed E-state index contributed by atoms with van der Waals surface area (Å²) in [6.45, 7) is 0.0579. The second-order valence-electron chi connectivity index (χ2n) is 2.97. The van der Waals surface area contributed by atoms with Gasteiger partial charge in [-0.15, -0.1) is 11.3 Å². The molecule has 0 saturated heterocycles. The number of nitrogens with one attached hydrogen (secondary N) is 1. The summed E-state index contributed by atoms with van der Waals surface area (Å²) in [7, 11) is 1.31. The number of carboxylic acid groups (broad SMARTS) is 1. The lowest BCUT2D eigenvalue weighted by Crippen LogP contribution is -2.14. The summed E-state index contributed by atoms with van der Waals surface area (Å²) in [4.78, 5) is 25.3. The van der Waals surface area contributed by atoms with Gasteiger partial charge >= 0.3 is 11.9 Å². The van der Waals surface area contributed by atoms with Crippen LogP contribution in [0, 0.1) is 0 Å². The second-order valence-corrected chi connectivity index (χ2v) is 3.83. The van der Waals surface area contributed by atoms with E-state index in [1.165, 1.54) is 18.4 Å². The molecule has 2 N–H and O–H groups in total. The Morgan fingerprint density at radius 1 is 1.62 bits per heavy atom. The largest absolute Gasteiger partial charge is 0.481 e. The molecule has 1 aromatic heterocycles. The number of anilines is 1. The highest BCUT2D eigenvalue weighted by atomic mass is 32.1. The Labute approximate surface area is 96.3 Å². The molecule has 0 bridgehead atoms. The summed E-state index contributed by atoms with van der Waals surface area (Å²) in [6.07, 6.45) is 0.450. The molecule has 0 spiro atoms. The molecule has 0 aliphatic heterocycles. The first-order chi connectivity index (χ1) is 7.61. The monoisotopic (exact) mass is 244 g/mol. The summed E-state index contributed by atoms with van der Waals surface area (Å²) >= 11 is 1.33. The fourth-order valence-corrected chi connectivity index (χ4v) is 1.70. The molecule has 16 heavy (non-hydrogen) atoms. The van der Waals surface area contributed by atoms with Crippen LogP contribution in [0.4, 0.5) is 5.13 Å². The molecule has 6 nitrogen and oxygen atoms in total. The van der Waals surface area contributed by atoms with Crippen LogP contribution in [0.2, 0.25) is 0 Å². The number of ether oxygens (including phenoxy) is 1. The van der Waals surface area contributed by atoms with Gasteiger partial charge in [-0.3, -0.25) is 9.59 Å². The van der Waals surface area contributed by atoms with Crippen molar-refractivity contribution in [3.05, 3.63) is 11.1 Å². The van der Waals surface area contributed by atoms with Gasteiger partial charge in [0.15, 0.2) is 5.13 Å². The Morgan fingerprint density at radius 3 is 3.00 bits per heavy atom. The number of carbonyl (C=O) groups excluding carboxylic acids is 1. The molecule has 88 valence electrons. The summed E-state index contributed by atoms with van der Waals surface area (Å²) in [5, 5.41) is 13.6. The quantitative estimate of drug-likeness (QED) is 0.718. The number of aryl methyl sites for hydroxylation is 1. The van der Waals surface area contributed by atoms with E-state index in [9.17, 15) is 9.59 Å². The van der Waals surface area contributed by atoms with Crippen molar-refractivity contribution in [3.63, 3.8) is 0 Å². The van der Waals surface area contributed by atoms with Gasteiger partial charge in [-0.1, -0.05) is 0 Å². The number of aliphatic carboxylic acids is 1. The first-order valence-corrected chi connectivity index (χ1v) is 5.46. The maximum atomic E-state index is 10.8. The molecule has 0 fully saturated rings. The van der Waals surface area contributed by atoms with Crippen molar-refractivity contribution in [2.24, 2.45) is 0 Å². The van der Waals surface area contributed by atoms with Crippen LogP contribution < -0.4 is 5.32 Å². The van der Waals surface area contributed by atoms with Crippen LogP contribution in [0.3, 0.4) is 0 Å². The van der Waals surface area contributed by atoms with E-state index in [0.29, 0.717) is 17.2 Å². The van der Waals surface area contributed by atoms with Gasteiger partial charge in [0.05, 0.1) is 19.2 Å². The van der Waals surface area contributed by atoms with Gasteiger partial charge < -0.3 is 15.2 Å². The minimum absolute atomic E-state index is 0.0557. The molecule has 0 saturated carbocycles. The molecule has 1 aromatic rings. The SMILES string of the molecule is COC(=O)CNc1nc(CCC(=O)O)cs1. The molecule has 1 heterocycles. The molecule has 0 aromatic carbocycles. The highest BCUT2D eigenvalue weighted by Gasteiger charge is 2.06. The number of esters is 1. The number of hydrogen-bond acceptors (Lipinski definition) is 6. The van der Waals surface area contributed by atoms with E-state index in [-0.39, 0.29) is 18.9 Å². The molecular weight excluding hydrogens is 232 g/mol. The maximum Gasteiger partial charge on any atom is 0.325 e. The first kappa shape index (κ1) is 12.4. The molecule has 0 aliphatic rings. The summed E-state index contributed by atoms with van der Waals surface area (Å²) in [5.41, 5.74) is 0.708. The van der Waals surface area contributed by atoms with Crippen molar-refractivity contribution in [2.45, 2.75) is 12.8 Å². The summed E-state index contributed by atoms with van der Waals surface area (Å²) in [5.74, 6) is -1.22. The Kier molecular flexibility index (Phi) is 4.71. The van der Waals surface area contributed by atoms with E-state index in [4.69, 9.17) is 5.11 Å². The van der Waals surface area contributed by atoms with Crippen molar-refractivity contribution in [3.8, 4) is 0 Å². The Morgan fingerprint density at radius 2 is 2.38 bits per heavy atom. The van der Waals surface area contributed by atoms with Crippen LogP contribution in [0.15, 0.2) is 5.38 Å². The van der Waals surface area contributed by atoms with Gasteiger partial charge in [0.1, 0.15) is 6.54 Å². The Balaban J connectivity index is 2.39. The molecule has 1 rings (SSSR count). The van der Waals surface area contributed by atoms with Crippen molar-refractivity contribution in [1.82, 2.24) is 4.98 Å². The summed E-state index contributed by atoms with van der Waals surface area (Å²) in [6, 6.07) is 0. The average molecular weight is 244 g/mol. The molecule has 0 radical (unpaired) electrons. The molecule has 0 amide bonds. The number of carboxylic acids is 1. The fraction of sp³-hybridized carbons (Fsp3) is 0.444. The lowest BCUT2D eigenvalue weighted by molar-refractivity contribution is -0.138. The zero-order chi connectivity index (χ0) is 12.0. The number of aromatic nitrogens is 1. The average Bonchev–Trinajstić information content (AvgIpc) is 2.71. The van der Waals surface area contributed by atoms with Gasteiger partial charge in [0.25, 0.3) is 0 Å². The smallest absolute Gasteiger partial charge is 0.325 e. The topological polar surface area (TPSA) is 88.5 Å². The number of thiazole rings is 1. The standard InChI is InChI=1S/C9H12N2O4S/c1-15-8(14)4-10-9-11-6(5-16-9)2-3-7(12)13/h5H,2-4H2,1H3,(H,10,11)(H,12,13). The van der Waals surface area contributed by atoms with E-state index in [2.05, 4.69) is 15.0 Å². The van der Waals surface area contributed by atoms with E-state index < -0.39 is 5.97 Å². The number of nitrogens with zero attached hydrogens (tertiary/aromatic N) is 1. The first-order valence-electron chi connectivity index (χ1n) is 4.58. The van der Waals surface area contributed by atoms with E-state index in [1.807, 2.05) is 0 Å². The molecule has 0 aliphatic carbocycles. The lowest BCUT2D eigenvalue weighted by atomic mass is 10.2. The van der Waals surface area contributed by atoms with Crippen LogP contribution in [-0.2, 0) is 20.7 Å². The third kappa shape index (κ3) is 4.26. The van der Waals surface area contributed by atoms with Crippen LogP contribution in [0.5, 0.6) is 0 Å². The van der Waals surface area contributed by atoms with Crippen LogP contribution in [-0.4, -0.2) is 35.7 Å². The van der Waals surface area contributed by atoms with Crippen LogP contribution in [0.25, 0.3) is 0 Å². The predicted octanol–water partition coefficient (Wildman–Crippen LogP) is 0.745.